The molecule has 0 fully saturated rings. The monoisotopic (exact) mass is 578 g/mol. The molecule has 0 amide bonds. The lowest BCUT2D eigenvalue weighted by Gasteiger charge is -2.32. The van der Waals surface area contributed by atoms with Crippen LogP contribution in [0.15, 0.2) is 168 Å². The molecule has 1 aromatic heterocycles. The Morgan fingerprint density at radius 3 is 1.98 bits per heavy atom. The van der Waals surface area contributed by atoms with Crippen LogP contribution in [0.3, 0.4) is 0 Å². The van der Waals surface area contributed by atoms with E-state index in [1.807, 2.05) is 36.5 Å². The van der Waals surface area contributed by atoms with Crippen LogP contribution in [0.2, 0.25) is 0 Å². The topological polar surface area (TPSA) is 40.9 Å². The number of aliphatic imine (C=N–C) groups is 2. The zero-order valence-corrected chi connectivity index (χ0v) is 24.9. The van der Waals surface area contributed by atoms with Crippen molar-refractivity contribution in [2.75, 3.05) is 7.05 Å². The summed E-state index contributed by atoms with van der Waals surface area (Å²) in [5.41, 5.74) is 8.95. The fourth-order valence-electron chi connectivity index (χ4n) is 6.20. The molecule has 4 heteroatoms. The van der Waals surface area contributed by atoms with Crippen LogP contribution in [0, 0.1) is 0 Å². The molecule has 0 radical (unpaired) electrons. The molecular weight excluding hydrogens is 548 g/mol. The Morgan fingerprint density at radius 1 is 0.533 bits per heavy atom. The molecule has 7 aromatic rings. The van der Waals surface area contributed by atoms with Gasteiger partial charge in [0.2, 0.25) is 0 Å². The van der Waals surface area contributed by atoms with E-state index in [1.165, 1.54) is 33.0 Å². The van der Waals surface area contributed by atoms with Gasteiger partial charge in [-0.25, -0.2) is 9.98 Å². The van der Waals surface area contributed by atoms with E-state index >= 15 is 0 Å². The summed E-state index contributed by atoms with van der Waals surface area (Å²) in [7, 11) is 2.08. The van der Waals surface area contributed by atoms with Crippen LogP contribution in [-0.4, -0.2) is 28.6 Å². The SMILES string of the molecule is CN1C(c2ccc3ccc(-c4ccc(-c5ccnc6ccccc56)cc4)cc3c2)=NC(c2ccccc2)=NC1c1ccccc1. The van der Waals surface area contributed by atoms with Crippen molar-refractivity contribution in [3.05, 3.63) is 175 Å². The first-order chi connectivity index (χ1) is 22.2. The quantitative estimate of drug-likeness (QED) is 0.204. The first kappa shape index (κ1) is 26.7. The second kappa shape index (κ2) is 11.3. The van der Waals surface area contributed by atoms with Gasteiger partial charge in [-0.2, -0.15) is 0 Å². The molecule has 214 valence electrons. The summed E-state index contributed by atoms with van der Waals surface area (Å²) in [5.74, 6) is 1.65. The number of amidine groups is 2. The maximum Gasteiger partial charge on any atom is 0.159 e. The molecule has 0 N–H and O–H groups in total. The molecule has 6 aromatic carbocycles. The lowest BCUT2D eigenvalue weighted by atomic mass is 9.96. The third kappa shape index (κ3) is 5.07. The summed E-state index contributed by atoms with van der Waals surface area (Å²) < 4.78 is 0. The molecule has 0 aliphatic carbocycles. The van der Waals surface area contributed by atoms with Crippen molar-refractivity contribution < 1.29 is 0 Å². The van der Waals surface area contributed by atoms with E-state index in [2.05, 4.69) is 138 Å². The number of nitrogens with zero attached hydrogens (tertiary/aromatic N) is 4. The van der Waals surface area contributed by atoms with Gasteiger partial charge in [0.05, 0.1) is 5.52 Å². The lowest BCUT2D eigenvalue weighted by Crippen LogP contribution is -2.35. The largest absolute Gasteiger partial charge is 0.333 e. The zero-order valence-electron chi connectivity index (χ0n) is 24.9. The molecule has 1 aliphatic heterocycles. The molecule has 0 bridgehead atoms. The Labute approximate surface area is 262 Å². The molecule has 1 atom stereocenters. The smallest absolute Gasteiger partial charge is 0.159 e. The molecule has 1 unspecified atom stereocenters. The van der Waals surface area contributed by atoms with Crippen molar-refractivity contribution in [3.63, 3.8) is 0 Å². The van der Waals surface area contributed by atoms with E-state index in [4.69, 9.17) is 9.98 Å². The van der Waals surface area contributed by atoms with Gasteiger partial charge in [0.25, 0.3) is 0 Å². The maximum absolute atomic E-state index is 5.11. The highest BCUT2D eigenvalue weighted by molar-refractivity contribution is 6.13. The van der Waals surface area contributed by atoms with E-state index in [1.54, 1.807) is 0 Å². The summed E-state index contributed by atoms with van der Waals surface area (Å²) in [5, 5.41) is 3.53. The first-order valence-corrected chi connectivity index (χ1v) is 15.2. The molecular formula is C41H30N4. The predicted octanol–water partition coefficient (Wildman–Crippen LogP) is 9.56. The van der Waals surface area contributed by atoms with Crippen LogP contribution >= 0.6 is 0 Å². The van der Waals surface area contributed by atoms with Gasteiger partial charge in [0.1, 0.15) is 12.0 Å². The van der Waals surface area contributed by atoms with Gasteiger partial charge in [-0.15, -0.1) is 0 Å². The van der Waals surface area contributed by atoms with Gasteiger partial charge >= 0.3 is 0 Å². The Bertz CT molecular complexity index is 2210. The fourth-order valence-corrected chi connectivity index (χ4v) is 6.20. The first-order valence-electron chi connectivity index (χ1n) is 15.2. The average Bonchev–Trinajstić information content (AvgIpc) is 3.12. The summed E-state index contributed by atoms with van der Waals surface area (Å²) in [4.78, 5) is 16.9. The van der Waals surface area contributed by atoms with Crippen molar-refractivity contribution in [1.82, 2.24) is 9.88 Å². The Balaban J connectivity index is 1.16. The number of para-hydroxylation sites is 1. The normalized spacial score (nSPS) is 14.8. The third-order valence-corrected chi connectivity index (χ3v) is 8.56. The zero-order chi connectivity index (χ0) is 30.2. The number of hydrogen-bond donors (Lipinski definition) is 0. The molecule has 2 heterocycles. The highest BCUT2D eigenvalue weighted by atomic mass is 15.3. The number of benzene rings is 6. The molecule has 0 spiro atoms. The van der Waals surface area contributed by atoms with Crippen LogP contribution in [0.5, 0.6) is 0 Å². The van der Waals surface area contributed by atoms with Crippen LogP contribution in [0.4, 0.5) is 0 Å². The molecule has 8 rings (SSSR count). The molecule has 0 saturated heterocycles. The van der Waals surface area contributed by atoms with Crippen molar-refractivity contribution in [3.8, 4) is 22.3 Å². The van der Waals surface area contributed by atoms with Gasteiger partial charge in [-0.05, 0) is 62.9 Å². The highest BCUT2D eigenvalue weighted by Gasteiger charge is 2.26. The summed E-state index contributed by atoms with van der Waals surface area (Å²) in [6.07, 6.45) is 1.71. The number of pyridine rings is 1. The van der Waals surface area contributed by atoms with Gasteiger partial charge in [0, 0.05) is 29.8 Å². The number of hydrogen-bond acceptors (Lipinski definition) is 4. The Morgan fingerprint density at radius 2 is 1.18 bits per heavy atom. The summed E-state index contributed by atoms with van der Waals surface area (Å²) in [6, 6.07) is 53.2. The van der Waals surface area contributed by atoms with Crippen LogP contribution in [-0.2, 0) is 0 Å². The number of aromatic nitrogens is 1. The predicted molar refractivity (Wildman–Crippen MR) is 187 cm³/mol. The Hall–Kier alpha value is -5.87. The van der Waals surface area contributed by atoms with E-state index in [9.17, 15) is 0 Å². The minimum Gasteiger partial charge on any atom is -0.333 e. The number of fused-ring (bicyclic) bond motifs is 2. The fraction of sp³-hybridized carbons (Fsp3) is 0.0488. The van der Waals surface area contributed by atoms with E-state index < -0.39 is 0 Å². The van der Waals surface area contributed by atoms with Crippen molar-refractivity contribution in [2.45, 2.75) is 6.17 Å². The minimum atomic E-state index is -0.174. The highest BCUT2D eigenvalue weighted by Crippen LogP contribution is 2.32. The molecule has 0 saturated carbocycles. The maximum atomic E-state index is 5.11. The summed E-state index contributed by atoms with van der Waals surface area (Å²) >= 11 is 0. The minimum absolute atomic E-state index is 0.174. The molecule has 1 aliphatic rings. The van der Waals surface area contributed by atoms with E-state index in [0.717, 1.165) is 39.3 Å². The lowest BCUT2D eigenvalue weighted by molar-refractivity contribution is 0.383. The number of rotatable bonds is 5. The van der Waals surface area contributed by atoms with Crippen LogP contribution in [0.25, 0.3) is 43.9 Å². The van der Waals surface area contributed by atoms with Gasteiger partial charge in [0.15, 0.2) is 5.84 Å². The van der Waals surface area contributed by atoms with Gasteiger partial charge in [-0.3, -0.25) is 4.98 Å². The van der Waals surface area contributed by atoms with Crippen LogP contribution < -0.4 is 0 Å². The average molecular weight is 579 g/mol. The van der Waals surface area contributed by atoms with Gasteiger partial charge < -0.3 is 4.90 Å². The molecule has 4 nitrogen and oxygen atoms in total. The third-order valence-electron chi connectivity index (χ3n) is 8.56. The molecule has 45 heavy (non-hydrogen) atoms. The van der Waals surface area contributed by atoms with E-state index in [0.29, 0.717) is 0 Å². The van der Waals surface area contributed by atoms with Crippen LogP contribution in [0.1, 0.15) is 22.9 Å². The second-order valence-electron chi connectivity index (χ2n) is 11.4. The summed E-state index contributed by atoms with van der Waals surface area (Å²) in [6.45, 7) is 0. The van der Waals surface area contributed by atoms with Crippen molar-refractivity contribution >= 4 is 33.3 Å². The van der Waals surface area contributed by atoms with E-state index in [-0.39, 0.29) is 6.17 Å². The second-order valence-corrected chi connectivity index (χ2v) is 11.4. The van der Waals surface area contributed by atoms with Crippen molar-refractivity contribution in [1.29, 1.82) is 0 Å². The van der Waals surface area contributed by atoms with Gasteiger partial charge in [-0.1, -0.05) is 127 Å². The standard InChI is InChI=1S/C41H30N4/c1-45-40(32-12-6-3-7-13-32)43-39(31-10-4-2-5-11-31)44-41(45)34-23-19-29-18-22-33(26-35(29)27-34)28-16-20-30(21-17-28)36-24-25-42-38-15-9-8-14-37(36)38/h2-27,40H,1H3. The Kier molecular flexibility index (Phi) is 6.73. The van der Waals surface area contributed by atoms with Crippen molar-refractivity contribution in [2.24, 2.45) is 9.98 Å².